The van der Waals surface area contributed by atoms with Crippen LogP contribution in [0.2, 0.25) is 0 Å². The van der Waals surface area contributed by atoms with Crippen molar-refractivity contribution in [3.05, 3.63) is 59.3 Å². The van der Waals surface area contributed by atoms with E-state index >= 15 is 0 Å². The lowest BCUT2D eigenvalue weighted by molar-refractivity contribution is -0.157. The third-order valence-corrected chi connectivity index (χ3v) is 6.17. The smallest absolute Gasteiger partial charge is 0.454 e. The molecule has 3 aliphatic rings. The third kappa shape index (κ3) is 3.06. The Morgan fingerprint density at radius 3 is 2.62 bits per heavy atom. The van der Waals surface area contributed by atoms with Crippen LogP contribution in [-0.4, -0.2) is 62.3 Å². The Morgan fingerprint density at radius 1 is 1.06 bits per heavy atom. The van der Waals surface area contributed by atoms with Crippen molar-refractivity contribution in [3.8, 4) is 11.5 Å². The van der Waals surface area contributed by atoms with Crippen molar-refractivity contribution in [2.75, 3.05) is 20.4 Å². The van der Waals surface area contributed by atoms with E-state index in [1.54, 1.807) is 11.9 Å². The highest BCUT2D eigenvalue weighted by molar-refractivity contribution is 5.97. The third-order valence-electron chi connectivity index (χ3n) is 6.17. The average Bonchev–Trinajstić information content (AvgIpc) is 3.40. The second-order valence-corrected chi connectivity index (χ2v) is 8.04. The normalized spacial score (nSPS) is 20.9. The molecule has 2 amide bonds. The lowest BCUT2D eigenvalue weighted by atomic mass is 9.86. The van der Waals surface area contributed by atoms with Gasteiger partial charge in [-0.25, -0.2) is 0 Å². The molecular weight excluding hydrogens is 430 g/mol. The van der Waals surface area contributed by atoms with Crippen molar-refractivity contribution in [3.63, 3.8) is 0 Å². The summed E-state index contributed by atoms with van der Waals surface area (Å²) in [6.07, 6.45) is 0.509. The summed E-state index contributed by atoms with van der Waals surface area (Å²) >= 11 is 0. The molecule has 162 valence electrons. The molecule has 3 aliphatic heterocycles. The lowest BCUT2D eigenvalue weighted by Gasteiger charge is -2.46. The molecule has 0 saturated carbocycles. The van der Waals surface area contributed by atoms with Gasteiger partial charge >= 0.3 is 9.29 Å². The number of H-pyrrole nitrogens is 1. The van der Waals surface area contributed by atoms with Gasteiger partial charge in [-0.1, -0.05) is 24.3 Å². The summed E-state index contributed by atoms with van der Waals surface area (Å²) in [5, 5.41) is 1.10. The maximum absolute atomic E-state index is 13.1. The Labute approximate surface area is 184 Å². The van der Waals surface area contributed by atoms with Crippen LogP contribution in [-0.2, 0) is 24.9 Å². The molecule has 6 rings (SSSR count). The van der Waals surface area contributed by atoms with Crippen LogP contribution in [0.15, 0.2) is 42.5 Å². The van der Waals surface area contributed by atoms with Crippen molar-refractivity contribution in [2.45, 2.75) is 18.5 Å². The number of amides is 2. The van der Waals surface area contributed by atoms with Gasteiger partial charge in [0.05, 0.1) is 12.6 Å². The SMILES string of the molecule is CN1CC(=O)N2[C@H](c3ccc4c(c3)OCO4)c3[nH]c4ccccc4c3C[C@@H]2C1=O.O=[Si]=O. The van der Waals surface area contributed by atoms with Crippen molar-refractivity contribution in [1.29, 1.82) is 0 Å². The van der Waals surface area contributed by atoms with Crippen LogP contribution in [0.1, 0.15) is 22.9 Å². The van der Waals surface area contributed by atoms with E-state index in [2.05, 4.69) is 11.1 Å². The first-order valence-electron chi connectivity index (χ1n) is 10.1. The summed E-state index contributed by atoms with van der Waals surface area (Å²) in [6.45, 7) is 0.279. The van der Waals surface area contributed by atoms with Gasteiger partial charge in [0, 0.05) is 30.1 Å². The second kappa shape index (κ2) is 7.79. The summed E-state index contributed by atoms with van der Waals surface area (Å²) in [5.41, 5.74) is 3.97. The Balaban J connectivity index is 0.000000684. The molecule has 1 N–H and O–H groups in total. The largest absolute Gasteiger partial charge is 0.549 e. The summed E-state index contributed by atoms with van der Waals surface area (Å²) in [7, 11) is 0.276. The van der Waals surface area contributed by atoms with E-state index in [1.807, 2.05) is 36.4 Å². The number of para-hydroxylation sites is 1. The van der Waals surface area contributed by atoms with Crippen molar-refractivity contribution < 1.29 is 28.0 Å². The molecule has 0 radical (unpaired) electrons. The summed E-state index contributed by atoms with van der Waals surface area (Å²) in [6, 6.07) is 12.9. The van der Waals surface area contributed by atoms with Crippen molar-refractivity contribution >= 4 is 32.0 Å². The predicted octanol–water partition coefficient (Wildman–Crippen LogP) is 1.59. The van der Waals surface area contributed by atoms with Gasteiger partial charge in [-0.2, -0.15) is 0 Å². The first-order valence-corrected chi connectivity index (χ1v) is 10.9. The molecule has 0 bridgehead atoms. The van der Waals surface area contributed by atoms with E-state index in [4.69, 9.17) is 18.4 Å². The first-order chi connectivity index (χ1) is 15.5. The molecule has 1 saturated heterocycles. The Bertz CT molecular complexity index is 1280. The highest BCUT2D eigenvalue weighted by Gasteiger charge is 2.47. The van der Waals surface area contributed by atoms with E-state index in [1.165, 1.54) is 4.90 Å². The Kier molecular flexibility index (Phi) is 4.93. The molecule has 9 nitrogen and oxygen atoms in total. The van der Waals surface area contributed by atoms with E-state index in [-0.39, 0.29) is 31.2 Å². The maximum atomic E-state index is 13.1. The number of rotatable bonds is 1. The molecule has 1 fully saturated rings. The zero-order valence-electron chi connectivity index (χ0n) is 17.2. The highest BCUT2D eigenvalue weighted by Crippen LogP contribution is 2.44. The number of hydrogen-bond donors (Lipinski definition) is 1. The topological polar surface area (TPSA) is 109 Å². The number of aromatic amines is 1. The minimum Gasteiger partial charge on any atom is -0.454 e. The van der Waals surface area contributed by atoms with Crippen LogP contribution in [0.3, 0.4) is 0 Å². The molecular formula is C22H19N3O6Si. The van der Waals surface area contributed by atoms with Crippen molar-refractivity contribution in [2.24, 2.45) is 0 Å². The number of fused-ring (bicyclic) bond motifs is 5. The molecule has 0 aliphatic carbocycles. The fourth-order valence-corrected chi connectivity index (χ4v) is 4.84. The number of piperazine rings is 1. The molecule has 2 atom stereocenters. The zero-order chi connectivity index (χ0) is 22.4. The fraction of sp³-hybridized carbons (Fsp3) is 0.273. The fourth-order valence-electron chi connectivity index (χ4n) is 4.84. The average molecular weight is 449 g/mol. The van der Waals surface area contributed by atoms with Gasteiger partial charge in [-0.3, -0.25) is 18.5 Å². The number of ether oxygens (including phenoxy) is 2. The van der Waals surface area contributed by atoms with Gasteiger partial charge in [0.15, 0.2) is 11.5 Å². The molecule has 2 aromatic carbocycles. The maximum Gasteiger partial charge on any atom is 0.549 e. The van der Waals surface area contributed by atoms with Gasteiger partial charge < -0.3 is 24.3 Å². The van der Waals surface area contributed by atoms with E-state index in [0.29, 0.717) is 17.9 Å². The van der Waals surface area contributed by atoms with Crippen LogP contribution in [0.25, 0.3) is 10.9 Å². The number of benzene rings is 2. The molecule has 4 heterocycles. The number of nitrogens with one attached hydrogen (secondary N) is 1. The van der Waals surface area contributed by atoms with Gasteiger partial charge in [-0.05, 0) is 29.3 Å². The Morgan fingerprint density at radius 2 is 1.81 bits per heavy atom. The van der Waals surface area contributed by atoms with Crippen LogP contribution >= 0.6 is 0 Å². The summed E-state index contributed by atoms with van der Waals surface area (Å²) in [5.74, 6) is 1.28. The number of hydrogen-bond acceptors (Lipinski definition) is 6. The van der Waals surface area contributed by atoms with Crippen molar-refractivity contribution in [1.82, 2.24) is 14.8 Å². The van der Waals surface area contributed by atoms with Crippen LogP contribution in [0.5, 0.6) is 11.5 Å². The first kappa shape index (κ1) is 20.3. The number of aromatic nitrogens is 1. The monoisotopic (exact) mass is 449 g/mol. The standard InChI is InChI=1S/C22H19N3O4.O2Si/c1-24-10-19(26)25-16(22(24)27)9-14-13-4-2-3-5-15(13)23-20(14)21(25)12-6-7-17-18(8-12)29-11-28-17;1-3-2/h2-8,16,21,23H,9-11H2,1H3;/t16-,21-;/m1./s1. The predicted molar refractivity (Wildman–Crippen MR) is 112 cm³/mol. The Hall–Kier alpha value is -3.66. The van der Waals surface area contributed by atoms with E-state index in [0.717, 1.165) is 27.7 Å². The van der Waals surface area contributed by atoms with Gasteiger partial charge in [0.1, 0.15) is 6.04 Å². The number of likely N-dealkylation sites (N-methyl/N-ethyl adjacent to an activating group) is 1. The summed E-state index contributed by atoms with van der Waals surface area (Å²) < 4.78 is 27.8. The number of carbonyl (C=O) groups excluding carboxylic acids is 2. The second-order valence-electron chi connectivity index (χ2n) is 7.88. The minimum atomic E-state index is -1.42. The molecule has 10 heteroatoms. The lowest BCUT2D eigenvalue weighted by Crippen LogP contribution is -2.62. The quantitative estimate of drug-likeness (QED) is 0.565. The molecule has 1 aromatic heterocycles. The zero-order valence-corrected chi connectivity index (χ0v) is 18.2. The van der Waals surface area contributed by atoms with Gasteiger partial charge in [-0.15, -0.1) is 0 Å². The van der Waals surface area contributed by atoms with Crippen LogP contribution in [0, 0.1) is 0 Å². The molecule has 0 spiro atoms. The van der Waals surface area contributed by atoms with Gasteiger partial charge in [0.25, 0.3) is 0 Å². The molecule has 3 aromatic rings. The minimum absolute atomic E-state index is 0.0220. The number of carbonyl (C=O) groups is 2. The van der Waals surface area contributed by atoms with E-state index < -0.39 is 15.3 Å². The molecule has 32 heavy (non-hydrogen) atoms. The van der Waals surface area contributed by atoms with Crippen LogP contribution in [0.4, 0.5) is 0 Å². The van der Waals surface area contributed by atoms with E-state index in [9.17, 15) is 9.59 Å². The van der Waals surface area contributed by atoms with Crippen LogP contribution < -0.4 is 9.47 Å². The van der Waals surface area contributed by atoms with Gasteiger partial charge in [0.2, 0.25) is 18.6 Å². The number of nitrogens with zero attached hydrogens (tertiary/aromatic N) is 2. The highest BCUT2D eigenvalue weighted by atomic mass is 28.2. The molecule has 0 unspecified atom stereocenters. The summed E-state index contributed by atoms with van der Waals surface area (Å²) in [4.78, 5) is 32.9.